The first-order valence-electron chi connectivity index (χ1n) is 10.2. The van der Waals surface area contributed by atoms with E-state index in [4.69, 9.17) is 0 Å². The standard InChI is InChI=1S/C21H32N2O2/c1-23(2)12-18(20(24)15-5-3-4-6-15)21(25)22-19-16-8-13-7-14(10-16)11-17(19)9-13/h12-17,19H,3-11H2,1-2H3,(H,22,25)/b18-12+. The van der Waals surface area contributed by atoms with Crippen LogP contribution in [0.5, 0.6) is 0 Å². The first-order valence-corrected chi connectivity index (χ1v) is 10.2. The minimum absolute atomic E-state index is 0.0513. The molecule has 0 aromatic carbocycles. The SMILES string of the molecule is CN(C)/C=C(/C(=O)NC1C2CC3CC(C2)CC1C3)C(=O)C1CCCC1. The number of ketones is 1. The summed E-state index contributed by atoms with van der Waals surface area (Å²) in [5, 5.41) is 3.32. The Labute approximate surface area is 151 Å². The van der Waals surface area contributed by atoms with Crippen LogP contribution in [-0.4, -0.2) is 36.7 Å². The van der Waals surface area contributed by atoms with E-state index >= 15 is 0 Å². The predicted octanol–water partition coefficient (Wildman–Crippen LogP) is 3.13. The zero-order chi connectivity index (χ0) is 17.6. The first kappa shape index (κ1) is 17.1. The molecule has 4 nitrogen and oxygen atoms in total. The molecule has 5 saturated carbocycles. The molecule has 0 spiro atoms. The second-order valence-electron chi connectivity index (χ2n) is 9.28. The number of nitrogens with zero attached hydrogens (tertiary/aromatic N) is 1. The molecule has 5 fully saturated rings. The minimum Gasteiger partial charge on any atom is -0.383 e. The highest BCUT2D eigenvalue weighted by Gasteiger charge is 2.49. The van der Waals surface area contributed by atoms with Crippen LogP contribution < -0.4 is 5.32 Å². The number of Topliss-reactive ketones (excluding diaryl/α,β-unsaturated/α-hetero) is 1. The lowest BCUT2D eigenvalue weighted by Crippen LogP contribution is -2.56. The quantitative estimate of drug-likeness (QED) is 0.473. The monoisotopic (exact) mass is 344 g/mol. The molecule has 1 amide bonds. The molecule has 4 heteroatoms. The van der Waals surface area contributed by atoms with Crippen LogP contribution in [0, 0.1) is 29.6 Å². The molecule has 4 bridgehead atoms. The lowest BCUT2D eigenvalue weighted by molar-refractivity contribution is -0.126. The number of hydrogen-bond donors (Lipinski definition) is 1. The van der Waals surface area contributed by atoms with Gasteiger partial charge < -0.3 is 10.2 Å². The highest BCUT2D eigenvalue weighted by molar-refractivity contribution is 6.20. The number of carbonyl (C=O) groups excluding carboxylic acids is 2. The molecule has 25 heavy (non-hydrogen) atoms. The van der Waals surface area contributed by atoms with Crippen LogP contribution in [0.2, 0.25) is 0 Å². The average Bonchev–Trinajstić information content (AvgIpc) is 3.09. The van der Waals surface area contributed by atoms with E-state index < -0.39 is 0 Å². The molecular weight excluding hydrogens is 312 g/mol. The van der Waals surface area contributed by atoms with Crippen LogP contribution in [0.15, 0.2) is 11.8 Å². The van der Waals surface area contributed by atoms with Crippen LogP contribution in [0.3, 0.4) is 0 Å². The highest BCUT2D eigenvalue weighted by Crippen LogP contribution is 2.53. The van der Waals surface area contributed by atoms with E-state index in [1.807, 2.05) is 19.0 Å². The zero-order valence-corrected chi connectivity index (χ0v) is 15.7. The normalized spacial score (nSPS) is 37.4. The van der Waals surface area contributed by atoms with Crippen LogP contribution in [-0.2, 0) is 9.59 Å². The fourth-order valence-corrected chi connectivity index (χ4v) is 6.29. The fourth-order valence-electron chi connectivity index (χ4n) is 6.29. The van der Waals surface area contributed by atoms with Crippen molar-refractivity contribution in [3.8, 4) is 0 Å². The molecule has 0 aromatic heterocycles. The molecule has 5 aliphatic rings. The third-order valence-corrected chi connectivity index (χ3v) is 7.15. The van der Waals surface area contributed by atoms with Gasteiger partial charge in [-0.3, -0.25) is 9.59 Å². The van der Waals surface area contributed by atoms with Crippen LogP contribution >= 0.6 is 0 Å². The maximum absolute atomic E-state index is 13.0. The Morgan fingerprint density at radius 2 is 1.48 bits per heavy atom. The second kappa shape index (κ2) is 6.77. The Morgan fingerprint density at radius 1 is 0.920 bits per heavy atom. The van der Waals surface area contributed by atoms with Gasteiger partial charge in [-0.1, -0.05) is 12.8 Å². The van der Waals surface area contributed by atoms with Gasteiger partial charge in [-0.2, -0.15) is 0 Å². The van der Waals surface area contributed by atoms with Crippen LogP contribution in [0.25, 0.3) is 0 Å². The van der Waals surface area contributed by atoms with Gasteiger partial charge in [0.05, 0.1) is 5.57 Å². The lowest BCUT2D eigenvalue weighted by atomic mass is 9.54. The smallest absolute Gasteiger partial charge is 0.256 e. The van der Waals surface area contributed by atoms with E-state index in [2.05, 4.69) is 5.32 Å². The summed E-state index contributed by atoms with van der Waals surface area (Å²) in [6.45, 7) is 0. The van der Waals surface area contributed by atoms with Crippen molar-refractivity contribution in [1.29, 1.82) is 0 Å². The average molecular weight is 344 g/mol. The summed E-state index contributed by atoms with van der Waals surface area (Å²) in [5.74, 6) is 3.07. The van der Waals surface area contributed by atoms with Crippen molar-refractivity contribution in [1.82, 2.24) is 10.2 Å². The molecule has 0 aromatic rings. The molecule has 0 aliphatic heterocycles. The summed E-state index contributed by atoms with van der Waals surface area (Å²) in [4.78, 5) is 27.8. The Hall–Kier alpha value is -1.32. The number of hydrogen-bond acceptors (Lipinski definition) is 3. The predicted molar refractivity (Wildman–Crippen MR) is 97.7 cm³/mol. The van der Waals surface area contributed by atoms with Gasteiger partial charge in [0.15, 0.2) is 5.78 Å². The fraction of sp³-hybridized carbons (Fsp3) is 0.810. The molecule has 0 radical (unpaired) electrons. The number of rotatable bonds is 5. The van der Waals surface area contributed by atoms with Gasteiger partial charge in [-0.05, 0) is 68.6 Å². The number of carbonyl (C=O) groups is 2. The van der Waals surface area contributed by atoms with E-state index in [0.717, 1.165) is 37.5 Å². The van der Waals surface area contributed by atoms with Gasteiger partial charge in [0.25, 0.3) is 5.91 Å². The Bertz CT molecular complexity index is 546. The van der Waals surface area contributed by atoms with E-state index in [1.54, 1.807) is 6.20 Å². The summed E-state index contributed by atoms with van der Waals surface area (Å²) in [6, 6.07) is 0.294. The molecule has 0 atom stereocenters. The van der Waals surface area contributed by atoms with Gasteiger partial charge >= 0.3 is 0 Å². The molecule has 0 saturated heterocycles. The van der Waals surface area contributed by atoms with Crippen LogP contribution in [0.1, 0.15) is 57.8 Å². The number of amides is 1. The third-order valence-electron chi connectivity index (χ3n) is 7.15. The van der Waals surface area contributed by atoms with Gasteiger partial charge in [0.1, 0.15) is 0 Å². The van der Waals surface area contributed by atoms with Gasteiger partial charge in [0.2, 0.25) is 0 Å². The van der Waals surface area contributed by atoms with Crippen LogP contribution in [0.4, 0.5) is 0 Å². The van der Waals surface area contributed by atoms with Crippen molar-refractivity contribution in [2.24, 2.45) is 29.6 Å². The van der Waals surface area contributed by atoms with E-state index in [9.17, 15) is 9.59 Å². The third kappa shape index (κ3) is 3.37. The Morgan fingerprint density at radius 3 is 2.00 bits per heavy atom. The lowest BCUT2D eigenvalue weighted by Gasteiger charge is -2.54. The Balaban J connectivity index is 1.48. The second-order valence-corrected chi connectivity index (χ2v) is 9.28. The maximum Gasteiger partial charge on any atom is 0.256 e. The summed E-state index contributed by atoms with van der Waals surface area (Å²) in [7, 11) is 3.77. The molecule has 138 valence electrons. The van der Waals surface area contributed by atoms with E-state index in [1.165, 1.54) is 32.1 Å². The van der Waals surface area contributed by atoms with E-state index in [0.29, 0.717) is 23.5 Å². The van der Waals surface area contributed by atoms with Gasteiger partial charge in [0, 0.05) is 32.3 Å². The summed E-state index contributed by atoms with van der Waals surface area (Å²) < 4.78 is 0. The Kier molecular flexibility index (Phi) is 4.63. The van der Waals surface area contributed by atoms with E-state index in [-0.39, 0.29) is 17.6 Å². The zero-order valence-electron chi connectivity index (χ0n) is 15.7. The van der Waals surface area contributed by atoms with Crippen molar-refractivity contribution in [2.75, 3.05) is 14.1 Å². The molecule has 5 aliphatic carbocycles. The summed E-state index contributed by atoms with van der Waals surface area (Å²) in [5.41, 5.74) is 0.380. The first-order chi connectivity index (χ1) is 12.0. The van der Waals surface area contributed by atoms with Crippen molar-refractivity contribution in [3.05, 3.63) is 11.8 Å². The minimum atomic E-state index is -0.122. The largest absolute Gasteiger partial charge is 0.383 e. The molecule has 0 unspecified atom stereocenters. The summed E-state index contributed by atoms with van der Waals surface area (Å²) >= 11 is 0. The molecule has 1 N–H and O–H groups in total. The van der Waals surface area contributed by atoms with Crippen molar-refractivity contribution >= 4 is 11.7 Å². The molecule has 5 rings (SSSR count). The van der Waals surface area contributed by atoms with Gasteiger partial charge in [-0.15, -0.1) is 0 Å². The number of nitrogens with one attached hydrogen (secondary N) is 1. The van der Waals surface area contributed by atoms with Crippen molar-refractivity contribution in [3.63, 3.8) is 0 Å². The van der Waals surface area contributed by atoms with Crippen molar-refractivity contribution in [2.45, 2.75) is 63.8 Å². The van der Waals surface area contributed by atoms with Gasteiger partial charge in [-0.25, -0.2) is 0 Å². The summed E-state index contributed by atoms with van der Waals surface area (Å²) in [6.07, 6.45) is 12.4. The molecular formula is C21H32N2O2. The highest BCUT2D eigenvalue weighted by atomic mass is 16.2. The molecule has 0 heterocycles. The maximum atomic E-state index is 13.0. The van der Waals surface area contributed by atoms with Crippen molar-refractivity contribution < 1.29 is 9.59 Å². The topological polar surface area (TPSA) is 49.4 Å².